The van der Waals surface area contributed by atoms with Crippen molar-refractivity contribution in [1.82, 2.24) is 20.4 Å². The Morgan fingerprint density at radius 1 is 1.69 bits per heavy atom. The largest absolute Gasteiger partial charge is 0.382 e. The highest BCUT2D eigenvalue weighted by molar-refractivity contribution is 5.30. The fourth-order valence-electron chi connectivity index (χ4n) is 1.64. The second kappa shape index (κ2) is 3.35. The van der Waals surface area contributed by atoms with Crippen LogP contribution in [0.5, 0.6) is 0 Å². The third-order valence-corrected chi connectivity index (χ3v) is 2.37. The minimum atomic E-state index is 0.337. The van der Waals surface area contributed by atoms with Crippen molar-refractivity contribution in [3.8, 4) is 0 Å². The summed E-state index contributed by atoms with van der Waals surface area (Å²) >= 11 is 0. The number of aromatic amines is 1. The monoisotopic (exact) mass is 181 g/mol. The van der Waals surface area contributed by atoms with Gasteiger partial charge in [-0.2, -0.15) is 5.10 Å². The number of nitrogens with zero attached hydrogens (tertiary/aromatic N) is 2. The predicted molar refractivity (Wildman–Crippen MR) is 51.2 cm³/mol. The molecule has 0 saturated carbocycles. The second-order valence-corrected chi connectivity index (χ2v) is 3.52. The number of anilines is 1. The molecule has 0 aromatic carbocycles. The molecule has 1 unspecified atom stereocenters. The second-order valence-electron chi connectivity index (χ2n) is 3.52. The molecular weight excluding hydrogens is 166 g/mol. The van der Waals surface area contributed by atoms with Crippen LogP contribution in [-0.2, 0) is 0 Å². The average Bonchev–Trinajstić information content (AvgIpc) is 2.52. The molecule has 1 aromatic heterocycles. The van der Waals surface area contributed by atoms with E-state index >= 15 is 0 Å². The van der Waals surface area contributed by atoms with Gasteiger partial charge in [-0.05, 0) is 7.05 Å². The Balaban J connectivity index is 2.08. The van der Waals surface area contributed by atoms with Crippen molar-refractivity contribution in [2.24, 2.45) is 0 Å². The Bertz CT molecular complexity index is 282. The van der Waals surface area contributed by atoms with Crippen molar-refractivity contribution < 1.29 is 0 Å². The van der Waals surface area contributed by atoms with Gasteiger partial charge >= 0.3 is 0 Å². The van der Waals surface area contributed by atoms with Gasteiger partial charge in [-0.25, -0.2) is 0 Å². The van der Waals surface area contributed by atoms with E-state index in [0.29, 0.717) is 11.9 Å². The maximum Gasteiger partial charge on any atom is 0.145 e. The summed E-state index contributed by atoms with van der Waals surface area (Å²) in [6.45, 7) is 3.11. The average molecular weight is 181 g/mol. The maximum absolute atomic E-state index is 5.54. The number of H-pyrrole nitrogens is 1. The first kappa shape index (κ1) is 8.52. The zero-order chi connectivity index (χ0) is 9.26. The summed E-state index contributed by atoms with van der Waals surface area (Å²) in [5, 5.41) is 10.3. The lowest BCUT2D eigenvalue weighted by Gasteiger charge is -2.29. The van der Waals surface area contributed by atoms with Crippen LogP contribution in [0.2, 0.25) is 0 Å². The summed E-state index contributed by atoms with van der Waals surface area (Å²) < 4.78 is 0. The van der Waals surface area contributed by atoms with Gasteiger partial charge in [0, 0.05) is 25.7 Å². The minimum absolute atomic E-state index is 0.337. The summed E-state index contributed by atoms with van der Waals surface area (Å²) in [6.07, 6.45) is 0. The van der Waals surface area contributed by atoms with Crippen molar-refractivity contribution in [3.05, 3.63) is 11.8 Å². The van der Waals surface area contributed by atoms with Crippen molar-refractivity contribution in [2.75, 3.05) is 32.4 Å². The quantitative estimate of drug-likeness (QED) is 0.550. The molecule has 4 N–H and O–H groups in total. The fraction of sp³-hybridized carbons (Fsp3) is 0.625. The first-order valence-corrected chi connectivity index (χ1v) is 4.48. The van der Waals surface area contributed by atoms with E-state index in [1.165, 1.54) is 0 Å². The molecule has 0 spiro atoms. The van der Waals surface area contributed by atoms with E-state index in [2.05, 4.69) is 27.5 Å². The molecule has 5 nitrogen and oxygen atoms in total. The summed E-state index contributed by atoms with van der Waals surface area (Å²) in [4.78, 5) is 2.29. The molecule has 1 aliphatic heterocycles. The van der Waals surface area contributed by atoms with Gasteiger partial charge in [-0.3, -0.25) is 5.10 Å². The highest BCUT2D eigenvalue weighted by Gasteiger charge is 2.19. The van der Waals surface area contributed by atoms with Crippen LogP contribution in [0.1, 0.15) is 11.7 Å². The van der Waals surface area contributed by atoms with Crippen LogP contribution >= 0.6 is 0 Å². The molecule has 1 atom stereocenters. The molecule has 2 heterocycles. The number of nitrogen functional groups attached to an aromatic ring is 1. The van der Waals surface area contributed by atoms with Gasteiger partial charge in [-0.1, -0.05) is 0 Å². The van der Waals surface area contributed by atoms with E-state index in [1.807, 2.05) is 6.07 Å². The van der Waals surface area contributed by atoms with Crippen molar-refractivity contribution in [2.45, 2.75) is 6.04 Å². The zero-order valence-electron chi connectivity index (χ0n) is 7.75. The Labute approximate surface area is 77.3 Å². The standard InChI is InChI=1S/C8H15N5/c1-13-3-2-10-7(5-13)6-4-8(9)12-11-6/h4,7,10H,2-3,5H2,1H3,(H3,9,11,12). The minimum Gasteiger partial charge on any atom is -0.382 e. The van der Waals surface area contributed by atoms with Gasteiger partial charge in [0.2, 0.25) is 0 Å². The van der Waals surface area contributed by atoms with Crippen LogP contribution < -0.4 is 11.1 Å². The summed E-state index contributed by atoms with van der Waals surface area (Å²) in [7, 11) is 2.12. The van der Waals surface area contributed by atoms with Crippen molar-refractivity contribution in [3.63, 3.8) is 0 Å². The topological polar surface area (TPSA) is 70.0 Å². The highest BCUT2D eigenvalue weighted by Crippen LogP contribution is 2.15. The van der Waals surface area contributed by atoms with Gasteiger partial charge in [0.05, 0.1) is 11.7 Å². The molecule has 1 saturated heterocycles. The third-order valence-electron chi connectivity index (χ3n) is 2.37. The van der Waals surface area contributed by atoms with Crippen LogP contribution in [0.25, 0.3) is 0 Å². The first-order valence-electron chi connectivity index (χ1n) is 4.48. The molecule has 5 heteroatoms. The predicted octanol–water partition coefficient (Wildman–Crippen LogP) is -0.432. The van der Waals surface area contributed by atoms with Gasteiger partial charge in [0.25, 0.3) is 0 Å². The molecule has 0 radical (unpaired) electrons. The lowest BCUT2D eigenvalue weighted by molar-refractivity contribution is 0.238. The fourth-order valence-corrected chi connectivity index (χ4v) is 1.64. The molecule has 2 rings (SSSR count). The molecule has 72 valence electrons. The molecular formula is C8H15N5. The van der Waals surface area contributed by atoms with Gasteiger partial charge in [0.1, 0.15) is 5.82 Å². The number of rotatable bonds is 1. The Kier molecular flexibility index (Phi) is 2.20. The lowest BCUT2D eigenvalue weighted by Crippen LogP contribution is -2.43. The normalized spacial score (nSPS) is 24.8. The highest BCUT2D eigenvalue weighted by atomic mass is 15.2. The van der Waals surface area contributed by atoms with E-state index in [-0.39, 0.29) is 0 Å². The van der Waals surface area contributed by atoms with E-state index in [4.69, 9.17) is 5.73 Å². The number of piperazine rings is 1. The lowest BCUT2D eigenvalue weighted by atomic mass is 10.1. The first-order chi connectivity index (χ1) is 6.25. The van der Waals surface area contributed by atoms with E-state index < -0.39 is 0 Å². The van der Waals surface area contributed by atoms with Crippen LogP contribution in [0.3, 0.4) is 0 Å². The Morgan fingerprint density at radius 3 is 3.15 bits per heavy atom. The number of nitrogens with one attached hydrogen (secondary N) is 2. The summed E-state index contributed by atoms with van der Waals surface area (Å²) in [5.41, 5.74) is 6.61. The van der Waals surface area contributed by atoms with Crippen molar-refractivity contribution in [1.29, 1.82) is 0 Å². The van der Waals surface area contributed by atoms with Crippen molar-refractivity contribution >= 4 is 5.82 Å². The van der Waals surface area contributed by atoms with E-state index in [0.717, 1.165) is 25.3 Å². The number of hydrogen-bond donors (Lipinski definition) is 3. The smallest absolute Gasteiger partial charge is 0.145 e. The molecule has 1 fully saturated rings. The van der Waals surface area contributed by atoms with Gasteiger partial charge < -0.3 is 16.0 Å². The molecule has 0 aliphatic carbocycles. The number of aromatic nitrogens is 2. The molecule has 0 amide bonds. The number of likely N-dealkylation sites (N-methyl/N-ethyl adjacent to an activating group) is 1. The van der Waals surface area contributed by atoms with Gasteiger partial charge in [-0.15, -0.1) is 0 Å². The molecule has 13 heavy (non-hydrogen) atoms. The Hall–Kier alpha value is -1.07. The zero-order valence-corrected chi connectivity index (χ0v) is 7.75. The van der Waals surface area contributed by atoms with E-state index in [9.17, 15) is 0 Å². The number of nitrogens with two attached hydrogens (primary N) is 1. The summed E-state index contributed by atoms with van der Waals surface area (Å²) in [6, 6.07) is 2.22. The maximum atomic E-state index is 5.54. The van der Waals surface area contributed by atoms with Gasteiger partial charge in [0.15, 0.2) is 0 Å². The van der Waals surface area contributed by atoms with Crippen LogP contribution in [0, 0.1) is 0 Å². The molecule has 0 bridgehead atoms. The van der Waals surface area contributed by atoms with E-state index in [1.54, 1.807) is 0 Å². The Morgan fingerprint density at radius 2 is 2.54 bits per heavy atom. The van der Waals surface area contributed by atoms with Crippen LogP contribution in [0.4, 0.5) is 5.82 Å². The molecule has 1 aromatic rings. The van der Waals surface area contributed by atoms with Crippen LogP contribution in [0.15, 0.2) is 6.07 Å². The van der Waals surface area contributed by atoms with Crippen LogP contribution in [-0.4, -0.2) is 41.8 Å². The SMILES string of the molecule is CN1CCNC(c2cc(N)n[nH]2)C1. The summed E-state index contributed by atoms with van der Waals surface area (Å²) in [5.74, 6) is 0.560. The number of hydrogen-bond acceptors (Lipinski definition) is 4. The molecule has 1 aliphatic rings. The third kappa shape index (κ3) is 1.81.